The minimum Gasteiger partial charge on any atom is -0.489 e. The number of carbonyl (C=O) groups is 2. The third kappa shape index (κ3) is 5.74. The lowest BCUT2D eigenvalue weighted by molar-refractivity contribution is -0.134. The van der Waals surface area contributed by atoms with Crippen molar-refractivity contribution >= 4 is 18.0 Å². The molecule has 1 N–H and O–H groups in total. The second-order valence-electron chi connectivity index (χ2n) is 6.50. The summed E-state index contributed by atoms with van der Waals surface area (Å²) in [5, 5.41) is 3.27. The van der Waals surface area contributed by atoms with E-state index in [9.17, 15) is 9.59 Å². The molecule has 27 heavy (non-hydrogen) atoms. The number of nitrogens with zero attached hydrogens (tertiary/aromatic N) is 2. The fraction of sp³-hybridized carbons (Fsp3) is 0.333. The predicted molar refractivity (Wildman–Crippen MR) is 105 cm³/mol. The van der Waals surface area contributed by atoms with Crippen molar-refractivity contribution in [1.82, 2.24) is 9.80 Å². The van der Waals surface area contributed by atoms with Crippen molar-refractivity contribution < 1.29 is 14.3 Å². The monoisotopic (exact) mass is 367 g/mol. The molecule has 1 aliphatic rings. The van der Waals surface area contributed by atoms with Gasteiger partial charge in [0, 0.05) is 44.8 Å². The van der Waals surface area contributed by atoms with Crippen molar-refractivity contribution in [2.75, 3.05) is 38.0 Å². The molecule has 2 amide bonds. The van der Waals surface area contributed by atoms with E-state index in [0.29, 0.717) is 45.8 Å². The molecule has 0 aromatic heterocycles. The van der Waals surface area contributed by atoms with E-state index in [1.54, 1.807) is 4.90 Å². The number of ether oxygens (including phenoxy) is 1. The Labute approximate surface area is 159 Å². The Hall–Kier alpha value is -3.02. The second-order valence-corrected chi connectivity index (χ2v) is 6.50. The Morgan fingerprint density at radius 2 is 1.70 bits per heavy atom. The molecule has 6 nitrogen and oxygen atoms in total. The fourth-order valence-corrected chi connectivity index (χ4v) is 2.96. The van der Waals surface area contributed by atoms with Gasteiger partial charge in [-0.15, -0.1) is 0 Å². The SMILES string of the molecule is O=CN1CCN(C(=O)CCNc2ccc(OCc3ccccc3)cc2)CC1. The van der Waals surface area contributed by atoms with Crippen LogP contribution < -0.4 is 10.1 Å². The zero-order valence-corrected chi connectivity index (χ0v) is 15.3. The number of piperazine rings is 1. The summed E-state index contributed by atoms with van der Waals surface area (Å²) < 4.78 is 5.77. The highest BCUT2D eigenvalue weighted by atomic mass is 16.5. The summed E-state index contributed by atoms with van der Waals surface area (Å²) in [5.41, 5.74) is 2.09. The van der Waals surface area contributed by atoms with Crippen molar-refractivity contribution in [3.63, 3.8) is 0 Å². The average Bonchev–Trinajstić information content (AvgIpc) is 2.74. The van der Waals surface area contributed by atoms with E-state index < -0.39 is 0 Å². The summed E-state index contributed by atoms with van der Waals surface area (Å²) in [5.74, 6) is 0.935. The zero-order valence-electron chi connectivity index (χ0n) is 15.3. The van der Waals surface area contributed by atoms with E-state index in [0.717, 1.165) is 23.4 Å². The summed E-state index contributed by atoms with van der Waals surface area (Å²) in [7, 11) is 0. The third-order valence-corrected chi connectivity index (χ3v) is 4.59. The first-order valence-electron chi connectivity index (χ1n) is 9.22. The van der Waals surface area contributed by atoms with Crippen LogP contribution in [0.1, 0.15) is 12.0 Å². The molecule has 0 bridgehead atoms. The number of hydrogen-bond donors (Lipinski definition) is 1. The fourth-order valence-electron chi connectivity index (χ4n) is 2.96. The van der Waals surface area contributed by atoms with Gasteiger partial charge in [-0.05, 0) is 29.8 Å². The Morgan fingerprint density at radius 1 is 1.00 bits per heavy atom. The standard InChI is InChI=1S/C21H25N3O3/c25-17-23-12-14-24(15-13-23)21(26)10-11-22-19-6-8-20(9-7-19)27-16-18-4-2-1-3-5-18/h1-9,17,22H,10-16H2. The van der Waals surface area contributed by atoms with Crippen LogP contribution in [-0.2, 0) is 16.2 Å². The number of amides is 2. The van der Waals surface area contributed by atoms with Crippen LogP contribution in [0, 0.1) is 0 Å². The molecule has 2 aromatic rings. The van der Waals surface area contributed by atoms with E-state index in [1.807, 2.05) is 59.5 Å². The summed E-state index contributed by atoms with van der Waals surface area (Å²) >= 11 is 0. The molecule has 6 heteroatoms. The van der Waals surface area contributed by atoms with E-state index in [2.05, 4.69) is 5.32 Å². The van der Waals surface area contributed by atoms with Crippen LogP contribution in [0.3, 0.4) is 0 Å². The first kappa shape index (κ1) is 18.8. The minimum absolute atomic E-state index is 0.121. The molecule has 0 atom stereocenters. The van der Waals surface area contributed by atoms with Gasteiger partial charge in [-0.1, -0.05) is 30.3 Å². The second kappa shape index (κ2) is 9.62. The van der Waals surface area contributed by atoms with E-state index >= 15 is 0 Å². The first-order chi connectivity index (χ1) is 13.2. The number of rotatable bonds is 8. The third-order valence-electron chi connectivity index (χ3n) is 4.59. The Bertz CT molecular complexity index is 726. The van der Waals surface area contributed by atoms with E-state index in [4.69, 9.17) is 4.74 Å². The largest absolute Gasteiger partial charge is 0.489 e. The number of anilines is 1. The lowest BCUT2D eigenvalue weighted by Gasteiger charge is -2.32. The summed E-state index contributed by atoms with van der Waals surface area (Å²) in [4.78, 5) is 26.4. The molecule has 0 spiro atoms. The number of benzene rings is 2. The lowest BCUT2D eigenvalue weighted by Crippen LogP contribution is -2.48. The molecule has 3 rings (SSSR count). The molecular weight excluding hydrogens is 342 g/mol. The predicted octanol–water partition coefficient (Wildman–Crippen LogP) is 2.37. The van der Waals surface area contributed by atoms with Gasteiger partial charge in [0.2, 0.25) is 12.3 Å². The van der Waals surface area contributed by atoms with Gasteiger partial charge in [0.15, 0.2) is 0 Å². The first-order valence-corrected chi connectivity index (χ1v) is 9.22. The Morgan fingerprint density at radius 3 is 2.37 bits per heavy atom. The van der Waals surface area contributed by atoms with Crippen LogP contribution in [0.2, 0.25) is 0 Å². The van der Waals surface area contributed by atoms with Gasteiger partial charge >= 0.3 is 0 Å². The molecule has 1 fully saturated rings. The summed E-state index contributed by atoms with van der Waals surface area (Å²) in [6.07, 6.45) is 1.28. The van der Waals surface area contributed by atoms with Gasteiger partial charge in [-0.3, -0.25) is 9.59 Å². The number of hydrogen-bond acceptors (Lipinski definition) is 4. The van der Waals surface area contributed by atoms with Gasteiger partial charge in [0.1, 0.15) is 12.4 Å². The van der Waals surface area contributed by atoms with Gasteiger partial charge in [-0.2, -0.15) is 0 Å². The highest BCUT2D eigenvalue weighted by Gasteiger charge is 2.19. The smallest absolute Gasteiger partial charge is 0.224 e. The van der Waals surface area contributed by atoms with Crippen LogP contribution >= 0.6 is 0 Å². The van der Waals surface area contributed by atoms with Crippen molar-refractivity contribution in [3.05, 3.63) is 60.2 Å². The lowest BCUT2D eigenvalue weighted by atomic mass is 10.2. The maximum absolute atomic E-state index is 12.2. The maximum atomic E-state index is 12.2. The minimum atomic E-state index is 0.121. The molecule has 1 heterocycles. The molecule has 1 saturated heterocycles. The van der Waals surface area contributed by atoms with Crippen molar-refractivity contribution in [2.45, 2.75) is 13.0 Å². The van der Waals surface area contributed by atoms with E-state index in [-0.39, 0.29) is 5.91 Å². The van der Waals surface area contributed by atoms with Crippen molar-refractivity contribution in [1.29, 1.82) is 0 Å². The molecule has 0 aliphatic carbocycles. The van der Waals surface area contributed by atoms with Crippen LogP contribution in [0.5, 0.6) is 5.75 Å². The molecule has 142 valence electrons. The number of nitrogens with one attached hydrogen (secondary N) is 1. The highest BCUT2D eigenvalue weighted by molar-refractivity contribution is 5.77. The van der Waals surface area contributed by atoms with Crippen LogP contribution in [0.25, 0.3) is 0 Å². The molecule has 0 saturated carbocycles. The van der Waals surface area contributed by atoms with Crippen molar-refractivity contribution in [3.8, 4) is 5.75 Å². The van der Waals surface area contributed by atoms with Crippen LogP contribution in [0.4, 0.5) is 5.69 Å². The van der Waals surface area contributed by atoms with E-state index in [1.165, 1.54) is 0 Å². The van der Waals surface area contributed by atoms with Gasteiger partial charge in [0.05, 0.1) is 0 Å². The molecule has 2 aromatic carbocycles. The quantitative estimate of drug-likeness (QED) is 0.728. The molecule has 1 aliphatic heterocycles. The van der Waals surface area contributed by atoms with Crippen molar-refractivity contribution in [2.24, 2.45) is 0 Å². The zero-order chi connectivity index (χ0) is 18.9. The normalized spacial score (nSPS) is 13.9. The maximum Gasteiger partial charge on any atom is 0.224 e. The molecule has 0 unspecified atom stereocenters. The molecule has 0 radical (unpaired) electrons. The topological polar surface area (TPSA) is 61.9 Å². The number of carbonyl (C=O) groups excluding carboxylic acids is 2. The van der Waals surface area contributed by atoms with Gasteiger partial charge in [-0.25, -0.2) is 0 Å². The summed E-state index contributed by atoms with van der Waals surface area (Å²) in [6.45, 7) is 3.59. The Balaban J connectivity index is 1.37. The van der Waals surface area contributed by atoms with Gasteiger partial charge < -0.3 is 19.9 Å². The average molecular weight is 367 g/mol. The van der Waals surface area contributed by atoms with Crippen LogP contribution in [0.15, 0.2) is 54.6 Å². The van der Waals surface area contributed by atoms with Crippen LogP contribution in [-0.4, -0.2) is 54.8 Å². The van der Waals surface area contributed by atoms with Gasteiger partial charge in [0.25, 0.3) is 0 Å². The highest BCUT2D eigenvalue weighted by Crippen LogP contribution is 2.17. The molecular formula is C21H25N3O3. The Kier molecular flexibility index (Phi) is 6.68. The summed E-state index contributed by atoms with van der Waals surface area (Å²) in [6, 6.07) is 17.8.